The van der Waals surface area contributed by atoms with Gasteiger partial charge in [0.05, 0.1) is 6.04 Å². The van der Waals surface area contributed by atoms with Gasteiger partial charge < -0.3 is 9.47 Å². The van der Waals surface area contributed by atoms with Gasteiger partial charge in [-0.3, -0.25) is 9.78 Å². The Morgan fingerprint density at radius 3 is 2.83 bits per heavy atom. The summed E-state index contributed by atoms with van der Waals surface area (Å²) in [6, 6.07) is 9.26. The lowest BCUT2D eigenvalue weighted by Crippen LogP contribution is -2.26. The van der Waals surface area contributed by atoms with E-state index in [4.69, 9.17) is 9.47 Å². The molecule has 23 heavy (non-hydrogen) atoms. The fraction of sp³-hybridized carbons (Fsp3) is 0.235. The highest BCUT2D eigenvalue weighted by atomic mass is 16.7. The van der Waals surface area contributed by atoms with Gasteiger partial charge in [0.1, 0.15) is 11.2 Å². The highest BCUT2D eigenvalue weighted by Crippen LogP contribution is 2.36. The Morgan fingerprint density at radius 2 is 2.00 bits per heavy atom. The zero-order valence-corrected chi connectivity index (χ0v) is 12.8. The van der Waals surface area contributed by atoms with Crippen molar-refractivity contribution in [2.24, 2.45) is 0 Å². The van der Waals surface area contributed by atoms with Gasteiger partial charge in [-0.25, -0.2) is 4.68 Å². The molecule has 0 spiro atoms. The molecule has 0 amide bonds. The van der Waals surface area contributed by atoms with Crippen LogP contribution in [-0.4, -0.2) is 21.6 Å². The predicted molar refractivity (Wildman–Crippen MR) is 85.7 cm³/mol. The average molecular weight is 309 g/mol. The molecular formula is C17H15N3O3. The standard InChI is InChI=1S/C17H15N3O3/c1-10(2)20-17(21)16-12(4-3-7-18-16)15(19-20)11-5-6-13-14(8-11)23-9-22-13/h3-8,10H,9H2,1-2H3. The molecule has 0 N–H and O–H groups in total. The second kappa shape index (κ2) is 5.08. The van der Waals surface area contributed by atoms with E-state index in [1.165, 1.54) is 4.68 Å². The number of hydrogen-bond donors (Lipinski definition) is 0. The molecule has 0 bridgehead atoms. The van der Waals surface area contributed by atoms with Crippen molar-refractivity contribution in [3.05, 3.63) is 46.9 Å². The van der Waals surface area contributed by atoms with E-state index in [2.05, 4.69) is 10.1 Å². The molecule has 6 nitrogen and oxygen atoms in total. The predicted octanol–water partition coefficient (Wildman–Crippen LogP) is 2.77. The number of ether oxygens (including phenoxy) is 2. The van der Waals surface area contributed by atoms with Crippen LogP contribution in [0.15, 0.2) is 41.3 Å². The van der Waals surface area contributed by atoms with Crippen LogP contribution in [0.5, 0.6) is 11.5 Å². The van der Waals surface area contributed by atoms with E-state index in [0.717, 1.165) is 10.9 Å². The van der Waals surface area contributed by atoms with E-state index < -0.39 is 0 Å². The van der Waals surface area contributed by atoms with Crippen LogP contribution in [0.4, 0.5) is 0 Å². The molecule has 0 unspecified atom stereocenters. The Hall–Kier alpha value is -2.89. The van der Waals surface area contributed by atoms with Crippen molar-refractivity contribution in [1.29, 1.82) is 0 Å². The summed E-state index contributed by atoms with van der Waals surface area (Å²) in [7, 11) is 0. The van der Waals surface area contributed by atoms with Crippen LogP contribution in [0, 0.1) is 0 Å². The smallest absolute Gasteiger partial charge is 0.293 e. The van der Waals surface area contributed by atoms with E-state index >= 15 is 0 Å². The van der Waals surface area contributed by atoms with Crippen LogP contribution >= 0.6 is 0 Å². The van der Waals surface area contributed by atoms with E-state index in [-0.39, 0.29) is 18.4 Å². The molecule has 2 aromatic heterocycles. The zero-order valence-electron chi connectivity index (χ0n) is 12.8. The number of benzene rings is 1. The molecule has 0 saturated heterocycles. The van der Waals surface area contributed by atoms with Crippen LogP contribution in [0.1, 0.15) is 19.9 Å². The summed E-state index contributed by atoms with van der Waals surface area (Å²) in [5.41, 5.74) is 1.81. The summed E-state index contributed by atoms with van der Waals surface area (Å²) < 4.78 is 12.3. The van der Waals surface area contributed by atoms with Gasteiger partial charge >= 0.3 is 0 Å². The second-order valence-electron chi connectivity index (χ2n) is 5.66. The van der Waals surface area contributed by atoms with Gasteiger partial charge in [0, 0.05) is 17.1 Å². The Kier molecular flexibility index (Phi) is 3.04. The van der Waals surface area contributed by atoms with Gasteiger partial charge in [-0.1, -0.05) is 0 Å². The van der Waals surface area contributed by atoms with E-state index in [1.54, 1.807) is 12.3 Å². The van der Waals surface area contributed by atoms with Crippen molar-refractivity contribution in [1.82, 2.24) is 14.8 Å². The number of nitrogens with zero attached hydrogens (tertiary/aromatic N) is 3. The molecule has 0 fully saturated rings. The van der Waals surface area contributed by atoms with Crippen molar-refractivity contribution in [2.45, 2.75) is 19.9 Å². The quantitative estimate of drug-likeness (QED) is 0.728. The number of rotatable bonds is 2. The molecule has 3 heterocycles. The maximum atomic E-state index is 12.5. The number of hydrogen-bond acceptors (Lipinski definition) is 5. The Bertz CT molecular complexity index is 963. The summed E-state index contributed by atoms with van der Waals surface area (Å²) in [5.74, 6) is 1.40. The normalized spacial score (nSPS) is 13.0. The lowest BCUT2D eigenvalue weighted by Gasteiger charge is -2.13. The zero-order chi connectivity index (χ0) is 16.0. The molecule has 1 aliphatic rings. The first kappa shape index (κ1) is 13.8. The third-order valence-corrected chi connectivity index (χ3v) is 3.82. The third-order valence-electron chi connectivity index (χ3n) is 3.82. The minimum absolute atomic E-state index is 0.0540. The second-order valence-corrected chi connectivity index (χ2v) is 5.66. The maximum absolute atomic E-state index is 12.5. The van der Waals surface area contributed by atoms with Crippen LogP contribution in [0.2, 0.25) is 0 Å². The highest BCUT2D eigenvalue weighted by Gasteiger charge is 2.18. The summed E-state index contributed by atoms with van der Waals surface area (Å²) in [5, 5.41) is 5.29. The molecule has 0 aliphatic carbocycles. The van der Waals surface area contributed by atoms with E-state index in [9.17, 15) is 4.79 Å². The van der Waals surface area contributed by atoms with Crippen LogP contribution in [0.3, 0.4) is 0 Å². The van der Waals surface area contributed by atoms with Crippen molar-refractivity contribution < 1.29 is 9.47 Å². The largest absolute Gasteiger partial charge is 0.454 e. The van der Waals surface area contributed by atoms with Gasteiger partial charge in [0.2, 0.25) is 6.79 Å². The Labute approximate surface area is 132 Å². The molecule has 0 atom stereocenters. The first-order chi connectivity index (χ1) is 11.1. The van der Waals surface area contributed by atoms with Crippen molar-refractivity contribution >= 4 is 10.9 Å². The minimum Gasteiger partial charge on any atom is -0.454 e. The van der Waals surface area contributed by atoms with Crippen molar-refractivity contribution in [3.63, 3.8) is 0 Å². The minimum atomic E-state index is -0.180. The summed E-state index contributed by atoms with van der Waals surface area (Å²) >= 11 is 0. The SMILES string of the molecule is CC(C)n1nc(-c2ccc3c(c2)OCO3)c2cccnc2c1=O. The molecule has 4 rings (SSSR count). The van der Waals surface area contributed by atoms with E-state index in [1.807, 2.05) is 38.1 Å². The highest BCUT2D eigenvalue weighted by molar-refractivity contribution is 5.91. The van der Waals surface area contributed by atoms with Gasteiger partial charge in [0.15, 0.2) is 11.5 Å². The molecule has 6 heteroatoms. The van der Waals surface area contributed by atoms with Crippen LogP contribution < -0.4 is 15.0 Å². The lowest BCUT2D eigenvalue weighted by atomic mass is 10.1. The molecule has 0 saturated carbocycles. The monoisotopic (exact) mass is 309 g/mol. The molecule has 1 aromatic carbocycles. The first-order valence-corrected chi connectivity index (χ1v) is 7.43. The Morgan fingerprint density at radius 1 is 1.17 bits per heavy atom. The van der Waals surface area contributed by atoms with Crippen molar-refractivity contribution in [3.8, 4) is 22.8 Å². The number of fused-ring (bicyclic) bond motifs is 2. The average Bonchev–Trinajstić information content (AvgIpc) is 3.02. The van der Waals surface area contributed by atoms with Crippen molar-refractivity contribution in [2.75, 3.05) is 6.79 Å². The molecule has 3 aromatic rings. The topological polar surface area (TPSA) is 66.2 Å². The van der Waals surface area contributed by atoms with Crippen LogP contribution in [0.25, 0.3) is 22.2 Å². The summed E-state index contributed by atoms with van der Waals surface area (Å²) in [6.07, 6.45) is 1.62. The van der Waals surface area contributed by atoms with Gasteiger partial charge in [-0.15, -0.1) is 0 Å². The molecule has 1 aliphatic heterocycles. The first-order valence-electron chi connectivity index (χ1n) is 7.43. The van der Waals surface area contributed by atoms with E-state index in [0.29, 0.717) is 22.7 Å². The third kappa shape index (κ3) is 2.14. The Balaban J connectivity index is 2.03. The summed E-state index contributed by atoms with van der Waals surface area (Å²) in [6.45, 7) is 4.07. The maximum Gasteiger partial charge on any atom is 0.293 e. The summed E-state index contributed by atoms with van der Waals surface area (Å²) in [4.78, 5) is 16.8. The number of pyridine rings is 1. The van der Waals surface area contributed by atoms with Gasteiger partial charge in [0.25, 0.3) is 5.56 Å². The van der Waals surface area contributed by atoms with Crippen LogP contribution in [-0.2, 0) is 0 Å². The molecule has 0 radical (unpaired) electrons. The fourth-order valence-electron chi connectivity index (χ4n) is 2.69. The number of aromatic nitrogens is 3. The lowest BCUT2D eigenvalue weighted by molar-refractivity contribution is 0.174. The molecular weight excluding hydrogens is 294 g/mol. The fourth-order valence-corrected chi connectivity index (χ4v) is 2.69. The molecule has 116 valence electrons. The van der Waals surface area contributed by atoms with Gasteiger partial charge in [-0.2, -0.15) is 5.10 Å². The van der Waals surface area contributed by atoms with Gasteiger partial charge in [-0.05, 0) is 44.2 Å².